The van der Waals surface area contributed by atoms with Crippen molar-refractivity contribution in [2.75, 3.05) is 38.4 Å². The first-order valence-corrected chi connectivity index (χ1v) is 7.81. The third kappa shape index (κ3) is 2.40. The van der Waals surface area contributed by atoms with Crippen molar-refractivity contribution in [1.82, 2.24) is 9.80 Å². The fourth-order valence-electron chi connectivity index (χ4n) is 2.56. The van der Waals surface area contributed by atoms with E-state index in [9.17, 15) is 0 Å². The van der Waals surface area contributed by atoms with Crippen LogP contribution in [0.15, 0.2) is 35.3 Å². The van der Waals surface area contributed by atoms with Crippen molar-refractivity contribution in [2.45, 2.75) is 6.92 Å². The van der Waals surface area contributed by atoms with Crippen LogP contribution < -0.4 is 5.32 Å². The first-order valence-electron chi connectivity index (χ1n) is 10.5. The number of amidine groups is 1. The van der Waals surface area contributed by atoms with E-state index in [4.69, 9.17) is 14.6 Å². The summed E-state index contributed by atoms with van der Waals surface area (Å²) in [5.41, 5.74) is 2.21. The zero-order valence-electron chi connectivity index (χ0n) is 19.1. The molecule has 22 heavy (non-hydrogen) atoms. The lowest BCUT2D eigenvalue weighted by Crippen LogP contribution is -2.47. The van der Waals surface area contributed by atoms with Gasteiger partial charge in [-0.3, -0.25) is 0 Å². The van der Waals surface area contributed by atoms with Crippen molar-refractivity contribution in [3.8, 4) is 0 Å². The van der Waals surface area contributed by atoms with Gasteiger partial charge >= 0.3 is 0 Å². The Labute approximate surface area is 144 Å². The van der Waals surface area contributed by atoms with Gasteiger partial charge in [0.2, 0.25) is 0 Å². The lowest BCUT2D eigenvalue weighted by atomic mass is 10.2. The summed E-state index contributed by atoms with van der Waals surface area (Å²) in [6.07, 6.45) is 0. The third-order valence-corrected chi connectivity index (χ3v) is 4.58. The standard InChI is InChI=1S/C17H20N4S/c1-12-11-13-16(21-9-7-20(2)8-10-21)18-14-5-3-4-6-15(14)19-17(13)22-12/h3-6,11,19H,7-10H2,1-2H3/i2D3,7D2,8D2. The predicted octanol–water partition coefficient (Wildman–Crippen LogP) is 3.44. The van der Waals surface area contributed by atoms with Crippen molar-refractivity contribution >= 4 is 33.5 Å². The largest absolute Gasteiger partial charge is 0.353 e. The minimum absolute atomic E-state index is 0.319. The zero-order chi connectivity index (χ0) is 21.2. The molecule has 3 heterocycles. The van der Waals surface area contributed by atoms with Gasteiger partial charge in [-0.25, -0.2) is 4.99 Å². The van der Waals surface area contributed by atoms with Crippen LogP contribution in [0.3, 0.4) is 0 Å². The Kier molecular flexibility index (Phi) is 2.00. The van der Waals surface area contributed by atoms with E-state index in [1.807, 2.05) is 37.3 Å². The molecule has 0 saturated carbocycles. The maximum atomic E-state index is 8.32. The normalized spacial score (nSPS) is 28.0. The number of nitrogens with zero attached hydrogens (tertiary/aromatic N) is 3. The molecule has 5 heteroatoms. The number of rotatable bonds is 0. The van der Waals surface area contributed by atoms with E-state index in [1.165, 1.54) is 16.2 Å². The number of piperazine rings is 1. The maximum Gasteiger partial charge on any atom is 0.139 e. The van der Waals surface area contributed by atoms with Crippen LogP contribution in [0.2, 0.25) is 0 Å². The van der Waals surface area contributed by atoms with Gasteiger partial charge < -0.3 is 15.1 Å². The minimum Gasteiger partial charge on any atom is -0.353 e. The van der Waals surface area contributed by atoms with Crippen LogP contribution in [0, 0.1) is 6.92 Å². The Bertz CT molecular complexity index is 964. The number of para-hydroxylation sites is 2. The first-order chi connectivity index (χ1) is 13.4. The van der Waals surface area contributed by atoms with Gasteiger partial charge in [0.15, 0.2) is 0 Å². The summed E-state index contributed by atoms with van der Waals surface area (Å²) in [5, 5.41) is 4.20. The van der Waals surface area contributed by atoms with Crippen LogP contribution in [-0.2, 0) is 0 Å². The number of hydrogen-bond acceptors (Lipinski definition) is 5. The molecule has 1 saturated heterocycles. The number of likely N-dealkylation sites (N-methyl/N-ethyl adjacent to an activating group) is 1. The van der Waals surface area contributed by atoms with Gasteiger partial charge in [-0.1, -0.05) is 12.1 Å². The molecular formula is C17H20N4S. The topological polar surface area (TPSA) is 30.9 Å². The molecule has 0 aliphatic carbocycles. The van der Waals surface area contributed by atoms with E-state index >= 15 is 0 Å². The molecule has 4 rings (SSSR count). The molecule has 1 N–H and O–H groups in total. The summed E-state index contributed by atoms with van der Waals surface area (Å²) < 4.78 is 56.1. The lowest BCUT2D eigenvalue weighted by molar-refractivity contribution is 0.216. The number of aliphatic imine (C=N–C) groups is 1. The second-order valence-electron chi connectivity index (χ2n) is 5.19. The molecule has 0 unspecified atom stereocenters. The van der Waals surface area contributed by atoms with Crippen LogP contribution in [0.1, 0.15) is 20.0 Å². The fourth-order valence-corrected chi connectivity index (χ4v) is 3.48. The zero-order valence-corrected chi connectivity index (χ0v) is 12.9. The molecule has 1 aromatic carbocycles. The minimum atomic E-state index is -2.90. The third-order valence-electron chi connectivity index (χ3n) is 3.61. The SMILES string of the molecule is [2H]C([2H])([2H])N1C([2H])([2H])CN(C2=Nc3ccccc3Nc3sc(C)cc32)CC1([2H])[2H]. The molecule has 2 aliphatic heterocycles. The van der Waals surface area contributed by atoms with Crippen LogP contribution in [0.5, 0.6) is 0 Å². The van der Waals surface area contributed by atoms with Crippen molar-refractivity contribution in [3.05, 3.63) is 40.8 Å². The first kappa shape index (κ1) is 8.13. The van der Waals surface area contributed by atoms with E-state index in [0.29, 0.717) is 16.4 Å². The second-order valence-corrected chi connectivity index (χ2v) is 6.44. The number of anilines is 2. The van der Waals surface area contributed by atoms with Crippen LogP contribution in [-0.4, -0.2) is 48.7 Å². The molecule has 114 valence electrons. The quantitative estimate of drug-likeness (QED) is 0.807. The van der Waals surface area contributed by atoms with Crippen LogP contribution >= 0.6 is 11.3 Å². The maximum absolute atomic E-state index is 8.32. The highest BCUT2D eigenvalue weighted by molar-refractivity contribution is 7.16. The van der Waals surface area contributed by atoms with Gasteiger partial charge in [-0.05, 0) is 32.1 Å². The number of thiophene rings is 1. The molecule has 0 atom stereocenters. The van der Waals surface area contributed by atoms with Crippen molar-refractivity contribution < 1.29 is 9.60 Å². The molecule has 1 aromatic heterocycles. The lowest BCUT2D eigenvalue weighted by Gasteiger charge is -2.34. The fraction of sp³-hybridized carbons (Fsp3) is 0.353. The number of hydrogen-bond donors (Lipinski definition) is 1. The van der Waals surface area contributed by atoms with Gasteiger partial charge in [0.25, 0.3) is 0 Å². The average Bonchev–Trinajstić information content (AvgIpc) is 2.82. The summed E-state index contributed by atoms with van der Waals surface area (Å²) in [6, 6.07) is 9.38. The Morgan fingerprint density at radius 2 is 2.14 bits per heavy atom. The summed E-state index contributed by atoms with van der Waals surface area (Å²) in [6.45, 7) is -6.42. The molecule has 0 amide bonds. The molecule has 2 aromatic rings. The number of nitrogens with one attached hydrogen (secondary N) is 1. The summed E-state index contributed by atoms with van der Waals surface area (Å²) in [4.78, 5) is 7.62. The highest BCUT2D eigenvalue weighted by atomic mass is 32.1. The highest BCUT2D eigenvalue weighted by Crippen LogP contribution is 2.39. The molecule has 1 fully saturated rings. The molecule has 0 bridgehead atoms. The number of fused-ring (bicyclic) bond motifs is 2. The average molecular weight is 319 g/mol. The molecular weight excluding hydrogens is 292 g/mol. The monoisotopic (exact) mass is 319 g/mol. The van der Waals surface area contributed by atoms with Gasteiger partial charge in [-0.15, -0.1) is 11.3 Å². The summed E-state index contributed by atoms with van der Waals surface area (Å²) in [7, 11) is 0. The van der Waals surface area contributed by atoms with Crippen LogP contribution in [0.25, 0.3) is 0 Å². The Balaban J connectivity index is 1.83. The van der Waals surface area contributed by atoms with Gasteiger partial charge in [0, 0.05) is 40.6 Å². The van der Waals surface area contributed by atoms with E-state index < -0.39 is 20.0 Å². The van der Waals surface area contributed by atoms with Gasteiger partial charge in [-0.2, -0.15) is 0 Å². The molecule has 4 nitrogen and oxygen atoms in total. The smallest absolute Gasteiger partial charge is 0.139 e. The van der Waals surface area contributed by atoms with Crippen LogP contribution in [0.4, 0.5) is 16.4 Å². The van der Waals surface area contributed by atoms with E-state index in [1.54, 1.807) is 0 Å². The summed E-state index contributed by atoms with van der Waals surface area (Å²) >= 11 is 1.53. The Hall–Kier alpha value is -1.85. The van der Waals surface area contributed by atoms with E-state index in [0.717, 1.165) is 21.1 Å². The Morgan fingerprint density at radius 1 is 1.32 bits per heavy atom. The number of benzene rings is 1. The molecule has 0 radical (unpaired) electrons. The summed E-state index contributed by atoms with van der Waals surface area (Å²) in [5.74, 6) is 0.430. The Morgan fingerprint density at radius 3 is 2.95 bits per heavy atom. The number of aryl methyl sites for hydroxylation is 1. The molecule has 2 aliphatic rings. The van der Waals surface area contributed by atoms with Gasteiger partial charge in [0.05, 0.1) is 16.9 Å². The van der Waals surface area contributed by atoms with E-state index in [-0.39, 0.29) is 13.1 Å². The molecule has 0 spiro atoms. The second kappa shape index (κ2) is 5.41. The predicted molar refractivity (Wildman–Crippen MR) is 94.0 cm³/mol. The van der Waals surface area contributed by atoms with Crippen molar-refractivity contribution in [3.63, 3.8) is 0 Å². The highest BCUT2D eigenvalue weighted by Gasteiger charge is 2.25. The van der Waals surface area contributed by atoms with Gasteiger partial charge in [0.1, 0.15) is 10.8 Å². The van der Waals surface area contributed by atoms with Crippen molar-refractivity contribution in [2.24, 2.45) is 4.99 Å². The van der Waals surface area contributed by atoms with E-state index in [2.05, 4.69) is 5.32 Å². The van der Waals surface area contributed by atoms with Crippen molar-refractivity contribution in [1.29, 1.82) is 0 Å².